The van der Waals surface area contributed by atoms with E-state index in [-0.39, 0.29) is 24.0 Å². The highest BCUT2D eigenvalue weighted by molar-refractivity contribution is 6.05. The van der Waals surface area contributed by atoms with Crippen molar-refractivity contribution in [3.63, 3.8) is 0 Å². The summed E-state index contributed by atoms with van der Waals surface area (Å²) in [6.07, 6.45) is 2.18. The second kappa shape index (κ2) is 6.22. The predicted octanol–water partition coefficient (Wildman–Crippen LogP) is 2.76. The Balaban J connectivity index is 2.30. The van der Waals surface area contributed by atoms with Crippen LogP contribution in [0.1, 0.15) is 37.7 Å². The molecule has 1 unspecified atom stereocenters. The van der Waals surface area contributed by atoms with Gasteiger partial charge in [-0.15, -0.1) is 0 Å². The van der Waals surface area contributed by atoms with Gasteiger partial charge >= 0.3 is 0 Å². The topological polar surface area (TPSA) is 62.2 Å². The van der Waals surface area contributed by atoms with Gasteiger partial charge in [0.2, 0.25) is 0 Å². The van der Waals surface area contributed by atoms with Crippen molar-refractivity contribution in [1.82, 2.24) is 10.3 Å². The van der Waals surface area contributed by atoms with Crippen LogP contribution in [0.15, 0.2) is 36.5 Å². The summed E-state index contributed by atoms with van der Waals surface area (Å²) in [6, 6.07) is 9.48. The lowest BCUT2D eigenvalue weighted by Crippen LogP contribution is -2.44. The number of aliphatic hydroxyl groups is 1. The van der Waals surface area contributed by atoms with Gasteiger partial charge in [0.15, 0.2) is 0 Å². The highest BCUT2D eigenvalue weighted by atomic mass is 16.3. The molecular weight excluding hydrogens is 264 g/mol. The second-order valence-corrected chi connectivity index (χ2v) is 6.29. The predicted molar refractivity (Wildman–Crippen MR) is 84.2 cm³/mol. The van der Waals surface area contributed by atoms with E-state index >= 15 is 0 Å². The molecule has 0 saturated heterocycles. The highest BCUT2D eigenvalue weighted by Gasteiger charge is 2.26. The summed E-state index contributed by atoms with van der Waals surface area (Å²) in [6.45, 7) is 6.18. The Hall–Kier alpha value is -1.94. The molecule has 0 aliphatic heterocycles. The highest BCUT2D eigenvalue weighted by Crippen LogP contribution is 2.23. The van der Waals surface area contributed by atoms with Crippen LogP contribution in [0, 0.1) is 5.41 Å². The van der Waals surface area contributed by atoms with Crippen molar-refractivity contribution in [2.24, 2.45) is 5.41 Å². The summed E-state index contributed by atoms with van der Waals surface area (Å²) in [4.78, 5) is 16.8. The number of hydrogen-bond donors (Lipinski definition) is 2. The van der Waals surface area contributed by atoms with E-state index in [0.29, 0.717) is 12.1 Å². The van der Waals surface area contributed by atoms with Crippen LogP contribution in [0.5, 0.6) is 0 Å². The molecule has 0 bridgehead atoms. The zero-order chi connectivity index (χ0) is 15.5. The van der Waals surface area contributed by atoms with Gasteiger partial charge in [0.05, 0.1) is 0 Å². The first kappa shape index (κ1) is 15.4. The molecule has 4 heteroatoms. The van der Waals surface area contributed by atoms with Crippen molar-refractivity contribution in [1.29, 1.82) is 0 Å². The molecule has 2 N–H and O–H groups in total. The lowest BCUT2D eigenvalue weighted by molar-refractivity contribution is 0.0882. The van der Waals surface area contributed by atoms with Crippen LogP contribution in [0.25, 0.3) is 10.8 Å². The summed E-state index contributed by atoms with van der Waals surface area (Å²) in [5.41, 5.74) is 0.309. The molecule has 112 valence electrons. The van der Waals surface area contributed by atoms with Crippen LogP contribution in [-0.4, -0.2) is 28.6 Å². The summed E-state index contributed by atoms with van der Waals surface area (Å²) in [5.74, 6) is -0.194. The fraction of sp³-hybridized carbons (Fsp3) is 0.412. The average molecular weight is 286 g/mol. The molecule has 0 saturated carbocycles. The van der Waals surface area contributed by atoms with E-state index < -0.39 is 0 Å². The number of hydrogen-bond acceptors (Lipinski definition) is 3. The number of carbonyl (C=O) groups is 1. The number of rotatable bonds is 4. The summed E-state index contributed by atoms with van der Waals surface area (Å²) in [7, 11) is 0. The number of fused-ring (bicyclic) bond motifs is 1. The molecule has 1 atom stereocenters. The quantitative estimate of drug-likeness (QED) is 0.908. The van der Waals surface area contributed by atoms with Crippen molar-refractivity contribution in [3.05, 3.63) is 42.2 Å². The van der Waals surface area contributed by atoms with Gasteiger partial charge in [-0.3, -0.25) is 9.78 Å². The van der Waals surface area contributed by atoms with Gasteiger partial charge in [-0.05, 0) is 23.3 Å². The molecule has 0 fully saturated rings. The van der Waals surface area contributed by atoms with Gasteiger partial charge in [-0.25, -0.2) is 0 Å². The molecule has 1 amide bonds. The fourth-order valence-electron chi connectivity index (χ4n) is 2.38. The summed E-state index contributed by atoms with van der Waals surface area (Å²) in [5, 5.41) is 14.0. The van der Waals surface area contributed by atoms with E-state index in [0.717, 1.165) is 10.8 Å². The summed E-state index contributed by atoms with van der Waals surface area (Å²) >= 11 is 0. The Morgan fingerprint density at radius 1 is 1.29 bits per heavy atom. The summed E-state index contributed by atoms with van der Waals surface area (Å²) < 4.78 is 0. The van der Waals surface area contributed by atoms with Gasteiger partial charge in [-0.2, -0.15) is 0 Å². The Kier molecular flexibility index (Phi) is 4.58. The van der Waals surface area contributed by atoms with Crippen molar-refractivity contribution in [2.45, 2.75) is 33.2 Å². The molecule has 2 aromatic rings. The number of carbonyl (C=O) groups excluding carboxylic acids is 1. The van der Waals surface area contributed by atoms with E-state index in [1.807, 2.05) is 51.1 Å². The lowest BCUT2D eigenvalue weighted by atomic mass is 9.85. The normalized spacial score (nSPS) is 13.1. The monoisotopic (exact) mass is 286 g/mol. The number of benzene rings is 1. The number of aromatic nitrogens is 1. The first-order valence-corrected chi connectivity index (χ1v) is 7.19. The molecule has 0 radical (unpaired) electrons. The van der Waals surface area contributed by atoms with Crippen LogP contribution in [0.2, 0.25) is 0 Å². The third kappa shape index (κ3) is 3.58. The smallest absolute Gasteiger partial charge is 0.270 e. The Morgan fingerprint density at radius 2 is 2.00 bits per heavy atom. The minimum atomic E-state index is -0.194. The van der Waals surface area contributed by atoms with Crippen LogP contribution in [0.4, 0.5) is 0 Å². The Bertz CT molecular complexity index is 627. The maximum absolute atomic E-state index is 12.5. The van der Waals surface area contributed by atoms with E-state index in [4.69, 9.17) is 0 Å². The first-order valence-electron chi connectivity index (χ1n) is 7.19. The van der Waals surface area contributed by atoms with E-state index in [1.54, 1.807) is 6.20 Å². The SMILES string of the molecule is CC(C)(C)C(CCO)NC(=O)c1nccc2ccccc12. The van der Waals surface area contributed by atoms with E-state index in [2.05, 4.69) is 10.3 Å². The molecular formula is C17H22N2O2. The number of aliphatic hydroxyl groups excluding tert-OH is 1. The maximum atomic E-state index is 12.5. The van der Waals surface area contributed by atoms with Gasteiger partial charge in [0.1, 0.15) is 5.69 Å². The van der Waals surface area contributed by atoms with Gasteiger partial charge < -0.3 is 10.4 Å². The van der Waals surface area contributed by atoms with Gasteiger partial charge in [-0.1, -0.05) is 45.0 Å². The maximum Gasteiger partial charge on any atom is 0.270 e. The second-order valence-electron chi connectivity index (χ2n) is 6.29. The van der Waals surface area contributed by atoms with Crippen molar-refractivity contribution < 1.29 is 9.90 Å². The van der Waals surface area contributed by atoms with Gasteiger partial charge in [0.25, 0.3) is 5.91 Å². The van der Waals surface area contributed by atoms with Crippen molar-refractivity contribution in [2.75, 3.05) is 6.61 Å². The molecule has 0 aliphatic rings. The zero-order valence-corrected chi connectivity index (χ0v) is 12.8. The lowest BCUT2D eigenvalue weighted by Gasteiger charge is -2.31. The minimum Gasteiger partial charge on any atom is -0.396 e. The first-order chi connectivity index (χ1) is 9.93. The van der Waals surface area contributed by atoms with Gasteiger partial charge in [0, 0.05) is 24.2 Å². The van der Waals surface area contributed by atoms with Crippen LogP contribution < -0.4 is 5.32 Å². The molecule has 0 aliphatic carbocycles. The molecule has 1 aromatic carbocycles. The third-order valence-electron chi connectivity index (χ3n) is 3.66. The number of pyridine rings is 1. The van der Waals surface area contributed by atoms with Crippen LogP contribution in [-0.2, 0) is 0 Å². The molecule has 21 heavy (non-hydrogen) atoms. The minimum absolute atomic E-state index is 0.0468. The standard InChI is InChI=1S/C17H22N2O2/c1-17(2,3)14(9-11-20)19-16(21)15-13-7-5-4-6-12(13)8-10-18-15/h4-8,10,14,20H,9,11H2,1-3H3,(H,19,21). The number of nitrogens with one attached hydrogen (secondary N) is 1. The zero-order valence-electron chi connectivity index (χ0n) is 12.8. The van der Waals surface area contributed by atoms with E-state index in [9.17, 15) is 9.90 Å². The molecule has 1 aromatic heterocycles. The fourth-order valence-corrected chi connectivity index (χ4v) is 2.38. The largest absolute Gasteiger partial charge is 0.396 e. The van der Waals surface area contributed by atoms with E-state index in [1.165, 1.54) is 0 Å². The third-order valence-corrected chi connectivity index (χ3v) is 3.66. The average Bonchev–Trinajstić information content (AvgIpc) is 2.45. The molecule has 0 spiro atoms. The Labute approximate surface area is 125 Å². The number of nitrogens with zero attached hydrogens (tertiary/aromatic N) is 1. The molecule has 4 nitrogen and oxygen atoms in total. The number of amides is 1. The van der Waals surface area contributed by atoms with Crippen molar-refractivity contribution in [3.8, 4) is 0 Å². The molecule has 2 rings (SSSR count). The van der Waals surface area contributed by atoms with Crippen LogP contribution >= 0.6 is 0 Å². The van der Waals surface area contributed by atoms with Crippen LogP contribution in [0.3, 0.4) is 0 Å². The Morgan fingerprint density at radius 3 is 2.67 bits per heavy atom. The molecule has 1 heterocycles. The van der Waals surface area contributed by atoms with Crippen molar-refractivity contribution >= 4 is 16.7 Å².